The van der Waals surface area contributed by atoms with E-state index in [9.17, 15) is 9.18 Å². The molecular weight excluding hydrogens is 237 g/mol. The zero-order valence-electron chi connectivity index (χ0n) is 6.89. The lowest BCUT2D eigenvalue weighted by atomic mass is 10.1. The molecule has 0 amide bonds. The van der Waals surface area contributed by atoms with Gasteiger partial charge in [0.2, 0.25) is 0 Å². The van der Waals surface area contributed by atoms with Crippen molar-refractivity contribution < 1.29 is 9.18 Å². The van der Waals surface area contributed by atoms with Gasteiger partial charge in [0.05, 0.1) is 6.54 Å². The van der Waals surface area contributed by atoms with E-state index in [2.05, 4.69) is 15.9 Å². The fourth-order valence-corrected chi connectivity index (χ4v) is 1.35. The lowest BCUT2D eigenvalue weighted by molar-refractivity contribution is -0.117. The number of benzene rings is 1. The molecule has 2 N–H and O–H groups in total. The van der Waals surface area contributed by atoms with Gasteiger partial charge >= 0.3 is 0 Å². The van der Waals surface area contributed by atoms with Crippen LogP contribution in [-0.2, 0) is 11.2 Å². The number of nitrogens with two attached hydrogens (primary N) is 1. The van der Waals surface area contributed by atoms with Gasteiger partial charge in [0.25, 0.3) is 0 Å². The molecule has 1 aromatic rings. The van der Waals surface area contributed by atoms with Gasteiger partial charge in [-0.1, -0.05) is 15.9 Å². The molecule has 4 heteroatoms. The molecule has 2 nitrogen and oxygen atoms in total. The van der Waals surface area contributed by atoms with Crippen molar-refractivity contribution in [2.24, 2.45) is 5.73 Å². The summed E-state index contributed by atoms with van der Waals surface area (Å²) < 4.78 is 13.5. The Morgan fingerprint density at radius 1 is 1.54 bits per heavy atom. The number of hydrogen-bond donors (Lipinski definition) is 1. The van der Waals surface area contributed by atoms with E-state index in [1.54, 1.807) is 6.07 Å². The van der Waals surface area contributed by atoms with Crippen LogP contribution in [0.4, 0.5) is 4.39 Å². The average molecular weight is 246 g/mol. The summed E-state index contributed by atoms with van der Waals surface area (Å²) in [5.41, 5.74) is 5.78. The second-order valence-corrected chi connectivity index (χ2v) is 3.51. The summed E-state index contributed by atoms with van der Waals surface area (Å²) in [6.45, 7) is -0.0110. The highest BCUT2D eigenvalue weighted by Gasteiger charge is 2.06. The summed E-state index contributed by atoms with van der Waals surface area (Å²) >= 11 is 3.23. The predicted octanol–water partition coefficient (Wildman–Crippen LogP) is 1.66. The Kier molecular flexibility index (Phi) is 3.57. The molecule has 0 saturated carbocycles. The molecule has 0 aromatic heterocycles. The molecule has 1 rings (SSSR count). The highest BCUT2D eigenvalue weighted by molar-refractivity contribution is 9.10. The van der Waals surface area contributed by atoms with E-state index in [0.717, 1.165) is 4.47 Å². The molecule has 70 valence electrons. The van der Waals surface area contributed by atoms with Gasteiger partial charge in [0, 0.05) is 10.9 Å². The number of carbonyl (C=O) groups excluding carboxylic acids is 1. The number of rotatable bonds is 3. The first-order chi connectivity index (χ1) is 6.13. The fourth-order valence-electron chi connectivity index (χ4n) is 0.963. The second kappa shape index (κ2) is 4.48. The van der Waals surface area contributed by atoms with Crippen LogP contribution < -0.4 is 5.73 Å². The van der Waals surface area contributed by atoms with E-state index in [-0.39, 0.29) is 24.6 Å². The molecule has 0 unspecified atom stereocenters. The maximum absolute atomic E-state index is 12.7. The predicted molar refractivity (Wildman–Crippen MR) is 51.9 cm³/mol. The summed E-state index contributed by atoms with van der Waals surface area (Å²) in [6, 6.07) is 4.24. The van der Waals surface area contributed by atoms with Crippen LogP contribution in [0.25, 0.3) is 0 Å². The van der Waals surface area contributed by atoms with Crippen LogP contribution in [0.3, 0.4) is 0 Å². The number of carbonyl (C=O) groups is 1. The van der Waals surface area contributed by atoms with Crippen molar-refractivity contribution in [2.45, 2.75) is 6.42 Å². The first-order valence-corrected chi connectivity index (χ1v) is 4.58. The van der Waals surface area contributed by atoms with Crippen molar-refractivity contribution in [1.82, 2.24) is 0 Å². The van der Waals surface area contributed by atoms with Gasteiger partial charge in [-0.3, -0.25) is 4.79 Å². The molecule has 0 bridgehead atoms. The summed E-state index contributed by atoms with van der Waals surface area (Å²) in [5.74, 6) is -0.450. The fraction of sp³-hybridized carbons (Fsp3) is 0.222. The number of halogens is 2. The molecule has 0 spiro atoms. The Hall–Kier alpha value is -0.740. The van der Waals surface area contributed by atoms with Crippen LogP contribution >= 0.6 is 15.9 Å². The Balaban J connectivity index is 2.87. The molecule has 1 aromatic carbocycles. The van der Waals surface area contributed by atoms with Crippen LogP contribution in [-0.4, -0.2) is 12.3 Å². The summed E-state index contributed by atoms with van der Waals surface area (Å²) in [5, 5.41) is 0. The van der Waals surface area contributed by atoms with Crippen LogP contribution in [0.15, 0.2) is 22.7 Å². The first kappa shape index (κ1) is 10.3. The van der Waals surface area contributed by atoms with Gasteiger partial charge in [-0.15, -0.1) is 0 Å². The zero-order valence-corrected chi connectivity index (χ0v) is 8.47. The Morgan fingerprint density at radius 3 is 2.85 bits per heavy atom. The van der Waals surface area contributed by atoms with E-state index in [1.807, 2.05) is 0 Å². The average Bonchev–Trinajstić information content (AvgIpc) is 2.11. The van der Waals surface area contributed by atoms with Gasteiger partial charge in [-0.25, -0.2) is 4.39 Å². The SMILES string of the molecule is NCC(=O)Cc1cc(F)ccc1Br. The Labute approximate surface area is 84.1 Å². The quantitative estimate of drug-likeness (QED) is 0.881. The lowest BCUT2D eigenvalue weighted by Gasteiger charge is -2.02. The number of ketones is 1. The molecule has 0 fully saturated rings. The molecule has 0 aliphatic carbocycles. The van der Waals surface area contributed by atoms with Crippen molar-refractivity contribution in [3.05, 3.63) is 34.1 Å². The maximum atomic E-state index is 12.7. The van der Waals surface area contributed by atoms with E-state index in [0.29, 0.717) is 5.56 Å². The van der Waals surface area contributed by atoms with Gasteiger partial charge < -0.3 is 5.73 Å². The number of hydrogen-bond acceptors (Lipinski definition) is 2. The molecular formula is C9H9BrFNO. The highest BCUT2D eigenvalue weighted by Crippen LogP contribution is 2.18. The van der Waals surface area contributed by atoms with Crippen molar-refractivity contribution in [3.63, 3.8) is 0 Å². The summed E-state index contributed by atoms with van der Waals surface area (Å²) in [6.07, 6.45) is 0.175. The van der Waals surface area contributed by atoms with Gasteiger partial charge in [0.1, 0.15) is 5.82 Å². The van der Waals surface area contributed by atoms with Crippen molar-refractivity contribution >= 4 is 21.7 Å². The Bertz CT molecular complexity index is 327. The minimum absolute atomic E-state index is 0.0110. The van der Waals surface area contributed by atoms with Crippen LogP contribution in [0.2, 0.25) is 0 Å². The molecule has 0 atom stereocenters. The molecule has 0 aliphatic rings. The van der Waals surface area contributed by atoms with Gasteiger partial charge in [-0.2, -0.15) is 0 Å². The molecule has 0 aliphatic heterocycles. The minimum atomic E-state index is -0.344. The second-order valence-electron chi connectivity index (χ2n) is 2.66. The van der Waals surface area contributed by atoms with Crippen LogP contribution in [0, 0.1) is 5.82 Å². The normalized spacial score (nSPS) is 10.1. The van der Waals surface area contributed by atoms with Crippen molar-refractivity contribution in [3.8, 4) is 0 Å². The van der Waals surface area contributed by atoms with Crippen LogP contribution in [0.1, 0.15) is 5.56 Å². The van der Waals surface area contributed by atoms with E-state index < -0.39 is 0 Å². The number of Topliss-reactive ketones (excluding diaryl/α,β-unsaturated/α-hetero) is 1. The summed E-state index contributed by atoms with van der Waals surface area (Å²) in [4.78, 5) is 11.0. The van der Waals surface area contributed by atoms with Gasteiger partial charge in [0.15, 0.2) is 5.78 Å². The minimum Gasteiger partial charge on any atom is -0.324 e. The third kappa shape index (κ3) is 2.90. The van der Waals surface area contributed by atoms with E-state index in [1.165, 1.54) is 12.1 Å². The molecule has 0 heterocycles. The lowest BCUT2D eigenvalue weighted by Crippen LogP contribution is -2.15. The Morgan fingerprint density at radius 2 is 2.23 bits per heavy atom. The monoisotopic (exact) mass is 245 g/mol. The topological polar surface area (TPSA) is 43.1 Å². The zero-order chi connectivity index (χ0) is 9.84. The first-order valence-electron chi connectivity index (χ1n) is 3.79. The molecule has 13 heavy (non-hydrogen) atoms. The van der Waals surface area contributed by atoms with Gasteiger partial charge in [-0.05, 0) is 23.8 Å². The van der Waals surface area contributed by atoms with Crippen molar-refractivity contribution in [1.29, 1.82) is 0 Å². The third-order valence-electron chi connectivity index (χ3n) is 1.62. The largest absolute Gasteiger partial charge is 0.324 e. The highest BCUT2D eigenvalue weighted by atomic mass is 79.9. The maximum Gasteiger partial charge on any atom is 0.150 e. The molecule has 0 radical (unpaired) electrons. The summed E-state index contributed by atoms with van der Waals surface area (Å²) in [7, 11) is 0. The van der Waals surface area contributed by atoms with Crippen molar-refractivity contribution in [2.75, 3.05) is 6.54 Å². The smallest absolute Gasteiger partial charge is 0.150 e. The third-order valence-corrected chi connectivity index (χ3v) is 2.40. The van der Waals surface area contributed by atoms with E-state index >= 15 is 0 Å². The standard InChI is InChI=1S/C9H9BrFNO/c10-9-2-1-7(11)3-6(9)4-8(13)5-12/h1-3H,4-5,12H2. The van der Waals surface area contributed by atoms with E-state index in [4.69, 9.17) is 5.73 Å². The van der Waals surface area contributed by atoms with Crippen LogP contribution in [0.5, 0.6) is 0 Å². The molecule has 0 saturated heterocycles.